The Bertz CT molecular complexity index is 1210. The Kier molecular flexibility index (Phi) is 5.10. The summed E-state index contributed by atoms with van der Waals surface area (Å²) in [5, 5.41) is 12.1. The molecule has 1 amide bonds. The number of hydrogen-bond donors (Lipinski definition) is 2. The highest BCUT2D eigenvalue weighted by Gasteiger charge is 2.33. The van der Waals surface area contributed by atoms with Crippen LogP contribution >= 0.6 is 0 Å². The zero-order valence-electron chi connectivity index (χ0n) is 18.0. The van der Waals surface area contributed by atoms with Crippen molar-refractivity contribution in [2.24, 2.45) is 0 Å². The van der Waals surface area contributed by atoms with Crippen LogP contribution < -0.4 is 20.4 Å². The Morgan fingerprint density at radius 2 is 2.09 bits per heavy atom. The third-order valence-electron chi connectivity index (χ3n) is 5.35. The van der Waals surface area contributed by atoms with Crippen molar-refractivity contribution in [1.29, 1.82) is 0 Å². The highest BCUT2D eigenvalue weighted by molar-refractivity contribution is 5.99. The topological polar surface area (TPSA) is 110 Å². The highest BCUT2D eigenvalue weighted by Crippen LogP contribution is 2.42. The first kappa shape index (κ1) is 21.7. The second kappa shape index (κ2) is 7.54. The predicted molar refractivity (Wildman–Crippen MR) is 116 cm³/mol. The summed E-state index contributed by atoms with van der Waals surface area (Å²) < 4.78 is 27.8. The Balaban J connectivity index is 1.73. The minimum Gasteiger partial charge on any atom is -0.483 e. The monoisotopic (exact) mass is 445 g/mol. The number of nitrogens with one attached hydrogen (secondary N) is 1. The van der Waals surface area contributed by atoms with Gasteiger partial charge in [-0.25, -0.2) is 14.0 Å². The van der Waals surface area contributed by atoms with Crippen LogP contribution in [-0.2, 0) is 4.74 Å². The maximum Gasteiger partial charge on any atom is 0.407 e. The Morgan fingerprint density at radius 3 is 2.75 bits per heavy atom. The number of nitrogens with zero attached hydrogens (tertiary/aromatic N) is 2. The summed E-state index contributed by atoms with van der Waals surface area (Å²) in [6.07, 6.45) is 1.21. The van der Waals surface area contributed by atoms with Gasteiger partial charge in [-0.05, 0) is 33.3 Å². The number of alkyl carbamates (subject to hydrolysis) is 1. The smallest absolute Gasteiger partial charge is 0.407 e. The molecule has 1 aromatic heterocycles. The molecule has 2 aliphatic rings. The molecule has 10 heteroatoms. The van der Waals surface area contributed by atoms with Gasteiger partial charge in [-0.2, -0.15) is 0 Å². The number of carbonyl (C=O) groups is 2. The average molecular weight is 445 g/mol. The first-order valence-corrected chi connectivity index (χ1v) is 10.2. The molecular formula is C22H24FN3O6. The van der Waals surface area contributed by atoms with Gasteiger partial charge in [0.2, 0.25) is 5.43 Å². The summed E-state index contributed by atoms with van der Waals surface area (Å²) in [5.41, 5.74) is -1.04. The van der Waals surface area contributed by atoms with E-state index in [-0.39, 0.29) is 35.0 Å². The molecule has 0 spiro atoms. The van der Waals surface area contributed by atoms with Crippen LogP contribution in [0, 0.1) is 5.82 Å². The zero-order chi connectivity index (χ0) is 23.4. The lowest BCUT2D eigenvalue weighted by atomic mass is 10.1. The van der Waals surface area contributed by atoms with Crippen LogP contribution in [-0.4, -0.2) is 53.1 Å². The van der Waals surface area contributed by atoms with E-state index in [2.05, 4.69) is 11.9 Å². The van der Waals surface area contributed by atoms with E-state index in [4.69, 9.17) is 9.47 Å². The van der Waals surface area contributed by atoms with Gasteiger partial charge >= 0.3 is 12.1 Å². The molecule has 1 fully saturated rings. The number of carboxylic acids is 1. The van der Waals surface area contributed by atoms with E-state index >= 15 is 4.39 Å². The number of hydrogen-bond acceptors (Lipinski definition) is 6. The maximum atomic E-state index is 15.2. The molecule has 1 aromatic carbocycles. The van der Waals surface area contributed by atoms with Crippen LogP contribution in [0.4, 0.5) is 14.9 Å². The molecule has 0 saturated carbocycles. The van der Waals surface area contributed by atoms with Crippen molar-refractivity contribution < 1.29 is 28.6 Å². The van der Waals surface area contributed by atoms with Gasteiger partial charge in [-0.1, -0.05) is 6.58 Å². The number of aromatic carboxylic acids is 1. The molecule has 0 bridgehead atoms. The zero-order valence-corrected chi connectivity index (χ0v) is 18.0. The summed E-state index contributed by atoms with van der Waals surface area (Å²) in [5.74, 6) is -1.95. The highest BCUT2D eigenvalue weighted by atomic mass is 19.1. The third kappa shape index (κ3) is 3.76. The number of ether oxygens (including phenoxy) is 2. The molecule has 2 aromatic rings. The van der Waals surface area contributed by atoms with Crippen LogP contribution in [0.5, 0.6) is 5.75 Å². The molecule has 32 heavy (non-hydrogen) atoms. The van der Waals surface area contributed by atoms with E-state index in [1.54, 1.807) is 25.7 Å². The molecule has 0 aliphatic carbocycles. The molecule has 2 aliphatic heterocycles. The number of carbonyl (C=O) groups excluding carboxylic acids is 1. The summed E-state index contributed by atoms with van der Waals surface area (Å²) in [4.78, 5) is 38.0. The fourth-order valence-electron chi connectivity index (χ4n) is 4.03. The Labute approximate surface area is 183 Å². The lowest BCUT2D eigenvalue weighted by Gasteiger charge is -2.29. The number of carboxylic acid groups (broad SMARTS) is 1. The van der Waals surface area contributed by atoms with E-state index in [0.29, 0.717) is 25.2 Å². The van der Waals surface area contributed by atoms with Crippen LogP contribution in [0.3, 0.4) is 0 Å². The number of rotatable bonds is 3. The van der Waals surface area contributed by atoms with Crippen molar-refractivity contribution in [3.8, 4) is 5.75 Å². The Morgan fingerprint density at radius 1 is 1.38 bits per heavy atom. The second-order valence-electron chi connectivity index (χ2n) is 8.91. The molecule has 1 unspecified atom stereocenters. The second-order valence-corrected chi connectivity index (χ2v) is 8.91. The van der Waals surface area contributed by atoms with Gasteiger partial charge in [0.25, 0.3) is 0 Å². The average Bonchev–Trinajstić information content (AvgIpc) is 3.11. The van der Waals surface area contributed by atoms with Crippen molar-refractivity contribution in [3.05, 3.63) is 40.4 Å². The van der Waals surface area contributed by atoms with Gasteiger partial charge in [0.15, 0.2) is 11.6 Å². The van der Waals surface area contributed by atoms with Crippen molar-refractivity contribution in [1.82, 2.24) is 9.88 Å². The third-order valence-corrected chi connectivity index (χ3v) is 5.35. The number of anilines is 1. The van der Waals surface area contributed by atoms with E-state index in [9.17, 15) is 19.5 Å². The van der Waals surface area contributed by atoms with Gasteiger partial charge in [0, 0.05) is 19.3 Å². The largest absolute Gasteiger partial charge is 0.483 e. The molecular weight excluding hydrogens is 421 g/mol. The van der Waals surface area contributed by atoms with E-state index in [0.717, 1.165) is 6.07 Å². The number of benzene rings is 1. The molecule has 3 heterocycles. The molecule has 0 radical (unpaired) electrons. The minimum atomic E-state index is -1.40. The quantitative estimate of drug-likeness (QED) is 0.748. The first-order valence-electron chi connectivity index (χ1n) is 10.2. The van der Waals surface area contributed by atoms with Gasteiger partial charge in [-0.3, -0.25) is 4.79 Å². The summed E-state index contributed by atoms with van der Waals surface area (Å²) >= 11 is 0. The lowest BCUT2D eigenvalue weighted by Crippen LogP contribution is -2.40. The van der Waals surface area contributed by atoms with Crippen LogP contribution in [0.2, 0.25) is 0 Å². The van der Waals surface area contributed by atoms with E-state index < -0.39 is 34.5 Å². The normalized spacial score (nSPS) is 17.9. The van der Waals surface area contributed by atoms with Gasteiger partial charge < -0.3 is 29.4 Å². The number of aromatic nitrogens is 1. The molecule has 9 nitrogen and oxygen atoms in total. The molecule has 4 rings (SSSR count). The van der Waals surface area contributed by atoms with Gasteiger partial charge in [0.05, 0.1) is 17.1 Å². The summed E-state index contributed by atoms with van der Waals surface area (Å²) in [6.45, 7) is 9.93. The number of halogens is 1. The van der Waals surface area contributed by atoms with Crippen LogP contribution in [0.15, 0.2) is 23.6 Å². The minimum absolute atomic E-state index is 0.00785. The molecule has 170 valence electrons. The van der Waals surface area contributed by atoms with E-state index in [1.165, 1.54) is 10.8 Å². The van der Waals surface area contributed by atoms with Crippen LogP contribution in [0.1, 0.15) is 37.6 Å². The van der Waals surface area contributed by atoms with Gasteiger partial charge in [-0.15, -0.1) is 0 Å². The number of amides is 1. The standard InChI is InChI=1S/C22H24FN3O6/c1-11-10-31-19-16-13(18(27)14(20(28)29)9-26(11)16)7-15(23)17(19)25-6-5-12(8-25)24-21(30)32-22(2,3)4/h7,9,12H,1,5-6,8,10H2,2-4H3,(H,24,30)(H,28,29). The Hall–Kier alpha value is -3.56. The summed E-state index contributed by atoms with van der Waals surface area (Å²) in [7, 11) is 0. The van der Waals surface area contributed by atoms with Crippen molar-refractivity contribution in [3.63, 3.8) is 0 Å². The molecule has 1 saturated heterocycles. The fourth-order valence-corrected chi connectivity index (χ4v) is 4.03. The molecule has 1 atom stereocenters. The van der Waals surface area contributed by atoms with Gasteiger partial charge in [0.1, 0.15) is 29.0 Å². The fraction of sp³-hybridized carbons (Fsp3) is 0.409. The van der Waals surface area contributed by atoms with Crippen molar-refractivity contribution in [2.45, 2.75) is 38.8 Å². The predicted octanol–water partition coefficient (Wildman–Crippen LogP) is 2.81. The SMILES string of the molecule is C=C1COc2c(N3CCC(NC(=O)OC(C)(C)C)C3)c(F)cc3c(=O)c(C(=O)O)cn1c23. The number of pyridine rings is 1. The molecule has 2 N–H and O–H groups in total. The maximum absolute atomic E-state index is 15.2. The lowest BCUT2D eigenvalue weighted by molar-refractivity contribution is 0.0508. The van der Waals surface area contributed by atoms with Crippen molar-refractivity contribution in [2.75, 3.05) is 24.6 Å². The van der Waals surface area contributed by atoms with Crippen molar-refractivity contribution >= 4 is 34.3 Å². The summed E-state index contributed by atoms with van der Waals surface area (Å²) in [6, 6.07) is 0.776. The van der Waals surface area contributed by atoms with Crippen LogP contribution in [0.25, 0.3) is 16.6 Å². The first-order chi connectivity index (χ1) is 15.0. The van der Waals surface area contributed by atoms with E-state index in [1.807, 2.05) is 0 Å².